The van der Waals surface area contributed by atoms with Crippen molar-refractivity contribution in [2.75, 3.05) is 52.5 Å². The predicted molar refractivity (Wildman–Crippen MR) is 95.5 cm³/mol. The quantitative estimate of drug-likeness (QED) is 0.718. The first-order valence-electron chi connectivity index (χ1n) is 8.75. The third-order valence-electron chi connectivity index (χ3n) is 4.38. The van der Waals surface area contributed by atoms with Crippen LogP contribution in [0.3, 0.4) is 0 Å². The van der Waals surface area contributed by atoms with Crippen LogP contribution in [0.15, 0.2) is 18.2 Å². The third-order valence-corrected chi connectivity index (χ3v) is 4.38. The number of carbonyl (C=O) groups is 1. The Hall–Kier alpha value is -2.10. The number of ether oxygens (including phenoxy) is 2. The Labute approximate surface area is 149 Å². The van der Waals surface area contributed by atoms with Crippen LogP contribution in [0.1, 0.15) is 17.5 Å². The van der Waals surface area contributed by atoms with Gasteiger partial charge >= 0.3 is 0 Å². The number of aryl methyl sites for hydroxylation is 2. The standard InChI is InChI=1S/C19H27N3O3/c1-16-5-3-6-17(2)19(16)25-15-18(23)22(8-4-7-20)10-9-21-11-13-24-14-12-21/h3,5-6H,4,8-15H2,1-2H3. The minimum atomic E-state index is -0.0776. The van der Waals surface area contributed by atoms with E-state index in [1.54, 1.807) is 4.90 Å². The lowest BCUT2D eigenvalue weighted by molar-refractivity contribution is -0.133. The number of morpholine rings is 1. The van der Waals surface area contributed by atoms with Gasteiger partial charge in [0.25, 0.3) is 5.91 Å². The summed E-state index contributed by atoms with van der Waals surface area (Å²) in [6.45, 7) is 9.04. The number of rotatable bonds is 8. The van der Waals surface area contributed by atoms with Crippen molar-refractivity contribution in [2.45, 2.75) is 20.3 Å². The molecule has 0 bridgehead atoms. The summed E-state index contributed by atoms with van der Waals surface area (Å²) in [5.41, 5.74) is 2.04. The predicted octanol–water partition coefficient (Wildman–Crippen LogP) is 1.76. The molecule has 0 radical (unpaired) electrons. The van der Waals surface area contributed by atoms with E-state index in [2.05, 4.69) is 11.0 Å². The van der Waals surface area contributed by atoms with Crippen LogP contribution < -0.4 is 4.74 Å². The molecule has 1 aromatic carbocycles. The van der Waals surface area contributed by atoms with Gasteiger partial charge in [0.15, 0.2) is 6.61 Å². The van der Waals surface area contributed by atoms with Crippen LogP contribution >= 0.6 is 0 Å². The lowest BCUT2D eigenvalue weighted by Crippen LogP contribution is -2.44. The van der Waals surface area contributed by atoms with Crippen molar-refractivity contribution in [1.29, 1.82) is 5.26 Å². The molecule has 6 heteroatoms. The smallest absolute Gasteiger partial charge is 0.260 e. The Morgan fingerprint density at radius 1 is 1.28 bits per heavy atom. The third kappa shape index (κ3) is 6.04. The molecule has 0 atom stereocenters. The largest absolute Gasteiger partial charge is 0.483 e. The molecular weight excluding hydrogens is 318 g/mol. The molecule has 0 aromatic heterocycles. The molecule has 1 saturated heterocycles. The second-order valence-electron chi connectivity index (χ2n) is 6.25. The molecule has 0 unspecified atom stereocenters. The highest BCUT2D eigenvalue weighted by molar-refractivity contribution is 5.77. The molecule has 136 valence electrons. The summed E-state index contributed by atoms with van der Waals surface area (Å²) in [4.78, 5) is 16.6. The van der Waals surface area contributed by atoms with Crippen molar-refractivity contribution >= 4 is 5.91 Å². The first kappa shape index (κ1) is 19.2. The van der Waals surface area contributed by atoms with Crippen LogP contribution in [0.5, 0.6) is 5.75 Å². The maximum atomic E-state index is 12.6. The van der Waals surface area contributed by atoms with Gasteiger partial charge < -0.3 is 14.4 Å². The van der Waals surface area contributed by atoms with E-state index in [1.807, 2.05) is 32.0 Å². The Balaban J connectivity index is 1.89. The van der Waals surface area contributed by atoms with Gasteiger partial charge in [0, 0.05) is 32.7 Å². The first-order valence-corrected chi connectivity index (χ1v) is 8.75. The van der Waals surface area contributed by atoms with Crippen molar-refractivity contribution in [1.82, 2.24) is 9.80 Å². The van der Waals surface area contributed by atoms with Gasteiger partial charge in [-0.05, 0) is 25.0 Å². The fraction of sp³-hybridized carbons (Fsp3) is 0.579. The number of amides is 1. The summed E-state index contributed by atoms with van der Waals surface area (Å²) in [5.74, 6) is 0.690. The molecule has 6 nitrogen and oxygen atoms in total. The number of benzene rings is 1. The summed E-state index contributed by atoms with van der Waals surface area (Å²) >= 11 is 0. The van der Waals surface area contributed by atoms with Crippen molar-refractivity contribution in [3.05, 3.63) is 29.3 Å². The highest BCUT2D eigenvalue weighted by Gasteiger charge is 2.17. The molecule has 25 heavy (non-hydrogen) atoms. The number of nitrogens with zero attached hydrogens (tertiary/aromatic N) is 3. The monoisotopic (exact) mass is 345 g/mol. The van der Waals surface area contributed by atoms with Crippen molar-refractivity contribution in [2.24, 2.45) is 0 Å². The minimum absolute atomic E-state index is 0.000231. The fourth-order valence-electron chi connectivity index (χ4n) is 2.89. The topological polar surface area (TPSA) is 65.8 Å². The van der Waals surface area contributed by atoms with E-state index in [0.717, 1.165) is 49.7 Å². The van der Waals surface area contributed by atoms with Crippen LogP contribution in [0, 0.1) is 25.2 Å². The van der Waals surface area contributed by atoms with Crippen molar-refractivity contribution in [3.63, 3.8) is 0 Å². The number of carbonyl (C=O) groups excluding carboxylic acids is 1. The molecule has 0 saturated carbocycles. The Bertz CT molecular complexity index is 586. The summed E-state index contributed by atoms with van der Waals surface area (Å²) in [5, 5.41) is 8.85. The van der Waals surface area contributed by atoms with Gasteiger partial charge in [-0.25, -0.2) is 0 Å². The molecule has 1 amide bonds. The van der Waals surface area contributed by atoms with Crippen LogP contribution in [0.4, 0.5) is 0 Å². The maximum absolute atomic E-state index is 12.6. The van der Waals surface area contributed by atoms with Crippen LogP contribution in [0.2, 0.25) is 0 Å². The molecule has 1 aliphatic heterocycles. The molecule has 1 heterocycles. The second kappa shape index (κ2) is 10.0. The van der Waals surface area contributed by atoms with Gasteiger partial charge in [-0.1, -0.05) is 18.2 Å². The highest BCUT2D eigenvalue weighted by atomic mass is 16.5. The van der Waals surface area contributed by atoms with Gasteiger partial charge in [0.2, 0.25) is 0 Å². The summed E-state index contributed by atoms with van der Waals surface area (Å²) < 4.78 is 11.1. The normalized spacial score (nSPS) is 14.8. The molecule has 0 spiro atoms. The van der Waals surface area contributed by atoms with Crippen LogP contribution in [-0.2, 0) is 9.53 Å². The first-order chi connectivity index (χ1) is 12.1. The fourth-order valence-corrected chi connectivity index (χ4v) is 2.89. The van der Waals surface area contributed by atoms with Gasteiger partial charge in [-0.15, -0.1) is 0 Å². The van der Waals surface area contributed by atoms with E-state index in [-0.39, 0.29) is 12.5 Å². The van der Waals surface area contributed by atoms with E-state index >= 15 is 0 Å². The van der Waals surface area contributed by atoms with Crippen LogP contribution in [-0.4, -0.2) is 68.3 Å². The average molecular weight is 345 g/mol. The van der Waals surface area contributed by atoms with Crippen LogP contribution in [0.25, 0.3) is 0 Å². The Morgan fingerprint density at radius 2 is 1.96 bits per heavy atom. The average Bonchev–Trinajstić information content (AvgIpc) is 2.62. The maximum Gasteiger partial charge on any atom is 0.260 e. The molecule has 1 aliphatic rings. The van der Waals surface area contributed by atoms with Crippen molar-refractivity contribution < 1.29 is 14.3 Å². The molecule has 1 fully saturated rings. The van der Waals surface area contributed by atoms with E-state index in [4.69, 9.17) is 14.7 Å². The van der Waals surface area contributed by atoms with E-state index < -0.39 is 0 Å². The zero-order valence-electron chi connectivity index (χ0n) is 15.2. The second-order valence-corrected chi connectivity index (χ2v) is 6.25. The molecule has 2 rings (SSSR count). The Kier molecular flexibility index (Phi) is 7.71. The molecular formula is C19H27N3O3. The highest BCUT2D eigenvalue weighted by Crippen LogP contribution is 2.22. The number of hydrogen-bond acceptors (Lipinski definition) is 5. The van der Waals surface area contributed by atoms with Gasteiger partial charge in [-0.2, -0.15) is 5.26 Å². The number of hydrogen-bond donors (Lipinski definition) is 0. The van der Waals surface area contributed by atoms with E-state index in [9.17, 15) is 4.79 Å². The molecule has 0 N–H and O–H groups in total. The van der Waals surface area contributed by atoms with E-state index in [1.165, 1.54) is 0 Å². The molecule has 1 aromatic rings. The van der Waals surface area contributed by atoms with Gasteiger partial charge in [0.05, 0.1) is 25.7 Å². The zero-order valence-corrected chi connectivity index (χ0v) is 15.2. The SMILES string of the molecule is Cc1cccc(C)c1OCC(=O)N(CCC#N)CCN1CCOCC1. The van der Waals surface area contributed by atoms with Gasteiger partial charge in [0.1, 0.15) is 5.75 Å². The minimum Gasteiger partial charge on any atom is -0.483 e. The Morgan fingerprint density at radius 3 is 2.60 bits per heavy atom. The summed E-state index contributed by atoms with van der Waals surface area (Å²) in [7, 11) is 0. The summed E-state index contributed by atoms with van der Waals surface area (Å²) in [6, 6.07) is 8.03. The summed E-state index contributed by atoms with van der Waals surface area (Å²) in [6.07, 6.45) is 0.332. The van der Waals surface area contributed by atoms with E-state index in [0.29, 0.717) is 19.5 Å². The number of nitriles is 1. The van der Waals surface area contributed by atoms with Crippen molar-refractivity contribution in [3.8, 4) is 11.8 Å². The number of para-hydroxylation sites is 1. The zero-order chi connectivity index (χ0) is 18.1. The lowest BCUT2D eigenvalue weighted by Gasteiger charge is -2.30. The van der Waals surface area contributed by atoms with Gasteiger partial charge in [-0.3, -0.25) is 9.69 Å². The lowest BCUT2D eigenvalue weighted by atomic mass is 10.1. The molecule has 0 aliphatic carbocycles.